The van der Waals surface area contributed by atoms with E-state index >= 15 is 0 Å². The Morgan fingerprint density at radius 3 is 2.50 bits per heavy atom. The molecule has 0 amide bonds. The van der Waals surface area contributed by atoms with Crippen molar-refractivity contribution in [3.05, 3.63) is 10.6 Å². The minimum Gasteiger partial charge on any atom is -0.259 e. The van der Waals surface area contributed by atoms with Gasteiger partial charge in [0.1, 0.15) is 0 Å². The molecular formula is C8H14N2O2S2. The average Bonchev–Trinajstić information content (AvgIpc) is 2.45. The SMILES string of the molecule is CCc1nc(NS(=O)(=O)CC)sc1C. The van der Waals surface area contributed by atoms with Crippen molar-refractivity contribution in [1.29, 1.82) is 0 Å². The van der Waals surface area contributed by atoms with E-state index in [1.54, 1.807) is 6.92 Å². The number of nitrogens with one attached hydrogen (secondary N) is 1. The molecule has 0 fully saturated rings. The molecule has 4 nitrogen and oxygen atoms in total. The van der Waals surface area contributed by atoms with Crippen molar-refractivity contribution in [3.8, 4) is 0 Å². The van der Waals surface area contributed by atoms with Crippen LogP contribution in [0.4, 0.5) is 5.13 Å². The number of hydrogen-bond acceptors (Lipinski definition) is 4. The van der Waals surface area contributed by atoms with E-state index in [9.17, 15) is 8.42 Å². The summed E-state index contributed by atoms with van der Waals surface area (Å²) in [6.45, 7) is 5.55. The van der Waals surface area contributed by atoms with Crippen LogP contribution in [-0.4, -0.2) is 19.2 Å². The van der Waals surface area contributed by atoms with E-state index in [2.05, 4.69) is 9.71 Å². The molecule has 1 N–H and O–H groups in total. The molecule has 80 valence electrons. The van der Waals surface area contributed by atoms with Crippen LogP contribution in [0.15, 0.2) is 0 Å². The van der Waals surface area contributed by atoms with E-state index in [1.807, 2.05) is 13.8 Å². The summed E-state index contributed by atoms with van der Waals surface area (Å²) >= 11 is 1.38. The van der Waals surface area contributed by atoms with Crippen LogP contribution in [0.5, 0.6) is 0 Å². The lowest BCUT2D eigenvalue weighted by Crippen LogP contribution is -2.14. The molecule has 0 bridgehead atoms. The first-order chi connectivity index (χ1) is 6.48. The van der Waals surface area contributed by atoms with Gasteiger partial charge in [-0.3, -0.25) is 4.72 Å². The van der Waals surface area contributed by atoms with Gasteiger partial charge in [0.2, 0.25) is 10.0 Å². The van der Waals surface area contributed by atoms with Gasteiger partial charge in [-0.25, -0.2) is 13.4 Å². The summed E-state index contributed by atoms with van der Waals surface area (Å²) in [5, 5.41) is 0.473. The van der Waals surface area contributed by atoms with Crippen molar-refractivity contribution >= 4 is 26.5 Å². The summed E-state index contributed by atoms with van der Waals surface area (Å²) < 4.78 is 24.9. The Labute approximate surface area is 88.4 Å². The topological polar surface area (TPSA) is 59.1 Å². The summed E-state index contributed by atoms with van der Waals surface area (Å²) in [6, 6.07) is 0. The first-order valence-electron chi connectivity index (χ1n) is 4.45. The number of aryl methyl sites for hydroxylation is 2. The van der Waals surface area contributed by atoms with E-state index in [-0.39, 0.29) is 5.75 Å². The Morgan fingerprint density at radius 1 is 1.43 bits per heavy atom. The van der Waals surface area contributed by atoms with Crippen molar-refractivity contribution < 1.29 is 8.42 Å². The fourth-order valence-corrected chi connectivity index (χ4v) is 2.76. The maximum absolute atomic E-state index is 11.2. The Morgan fingerprint density at radius 2 is 2.07 bits per heavy atom. The molecule has 0 saturated heterocycles. The van der Waals surface area contributed by atoms with Crippen LogP contribution in [0, 0.1) is 6.92 Å². The standard InChI is InChI=1S/C8H14N2O2S2/c1-4-7-6(3)13-8(9-7)10-14(11,12)5-2/h4-5H2,1-3H3,(H,9,10). The Bertz CT molecular complexity index is 409. The van der Waals surface area contributed by atoms with Gasteiger partial charge < -0.3 is 0 Å². The second kappa shape index (κ2) is 4.27. The Hall–Kier alpha value is -0.620. The molecular weight excluding hydrogens is 220 g/mol. The highest BCUT2D eigenvalue weighted by Gasteiger charge is 2.11. The molecule has 0 aromatic carbocycles. The van der Waals surface area contributed by atoms with Gasteiger partial charge in [-0.2, -0.15) is 0 Å². The largest absolute Gasteiger partial charge is 0.259 e. The maximum Gasteiger partial charge on any atom is 0.234 e. The third kappa shape index (κ3) is 2.68. The van der Waals surface area contributed by atoms with Gasteiger partial charge in [0, 0.05) is 4.88 Å². The van der Waals surface area contributed by atoms with Crippen LogP contribution in [0.25, 0.3) is 0 Å². The zero-order valence-electron chi connectivity index (χ0n) is 8.49. The molecule has 0 aliphatic heterocycles. The van der Waals surface area contributed by atoms with Crippen LogP contribution in [-0.2, 0) is 16.4 Å². The molecule has 14 heavy (non-hydrogen) atoms. The zero-order chi connectivity index (χ0) is 10.8. The number of hydrogen-bond donors (Lipinski definition) is 1. The third-order valence-corrected chi connectivity index (χ3v) is 4.17. The highest BCUT2D eigenvalue weighted by atomic mass is 32.2. The lowest BCUT2D eigenvalue weighted by atomic mass is 10.3. The summed E-state index contributed by atoms with van der Waals surface area (Å²) in [4.78, 5) is 5.26. The fraction of sp³-hybridized carbons (Fsp3) is 0.625. The number of thiazole rings is 1. The van der Waals surface area contributed by atoms with Crippen molar-refractivity contribution in [2.24, 2.45) is 0 Å². The van der Waals surface area contributed by atoms with Gasteiger partial charge in [-0.05, 0) is 20.3 Å². The number of nitrogens with zero attached hydrogens (tertiary/aromatic N) is 1. The van der Waals surface area contributed by atoms with Gasteiger partial charge in [0.15, 0.2) is 5.13 Å². The molecule has 0 spiro atoms. The summed E-state index contributed by atoms with van der Waals surface area (Å²) in [5.41, 5.74) is 0.962. The summed E-state index contributed by atoms with van der Waals surface area (Å²) in [7, 11) is -3.19. The Balaban J connectivity index is 2.88. The van der Waals surface area contributed by atoms with E-state index in [0.717, 1.165) is 17.0 Å². The van der Waals surface area contributed by atoms with Crippen LogP contribution in [0.1, 0.15) is 24.4 Å². The lowest BCUT2D eigenvalue weighted by molar-refractivity contribution is 0.602. The first kappa shape index (κ1) is 11.5. The lowest BCUT2D eigenvalue weighted by Gasteiger charge is -1.99. The minimum atomic E-state index is -3.19. The number of rotatable bonds is 4. The van der Waals surface area contributed by atoms with Crippen LogP contribution in [0.2, 0.25) is 0 Å². The van der Waals surface area contributed by atoms with Gasteiger partial charge >= 0.3 is 0 Å². The molecule has 0 saturated carbocycles. The monoisotopic (exact) mass is 234 g/mol. The van der Waals surface area contributed by atoms with E-state index in [4.69, 9.17) is 0 Å². The molecule has 1 heterocycles. The van der Waals surface area contributed by atoms with Gasteiger partial charge in [0.05, 0.1) is 11.4 Å². The minimum absolute atomic E-state index is 0.0765. The molecule has 1 rings (SSSR count). The van der Waals surface area contributed by atoms with E-state index < -0.39 is 10.0 Å². The van der Waals surface area contributed by atoms with Crippen molar-refractivity contribution in [2.75, 3.05) is 10.5 Å². The highest BCUT2D eigenvalue weighted by Crippen LogP contribution is 2.23. The van der Waals surface area contributed by atoms with Crippen molar-refractivity contribution in [3.63, 3.8) is 0 Å². The molecule has 6 heteroatoms. The summed E-state index contributed by atoms with van der Waals surface area (Å²) in [6.07, 6.45) is 0.830. The quantitative estimate of drug-likeness (QED) is 0.863. The number of anilines is 1. The normalized spacial score (nSPS) is 11.6. The second-order valence-electron chi connectivity index (χ2n) is 2.88. The van der Waals surface area contributed by atoms with E-state index in [1.165, 1.54) is 11.3 Å². The predicted octanol–water partition coefficient (Wildman–Crippen LogP) is 1.78. The van der Waals surface area contributed by atoms with Crippen molar-refractivity contribution in [1.82, 2.24) is 4.98 Å². The number of sulfonamides is 1. The molecule has 0 radical (unpaired) electrons. The zero-order valence-corrected chi connectivity index (χ0v) is 10.1. The van der Waals surface area contributed by atoms with Gasteiger partial charge in [0.25, 0.3) is 0 Å². The molecule has 1 aromatic rings. The predicted molar refractivity (Wildman–Crippen MR) is 59.3 cm³/mol. The van der Waals surface area contributed by atoms with Crippen molar-refractivity contribution in [2.45, 2.75) is 27.2 Å². The highest BCUT2D eigenvalue weighted by molar-refractivity contribution is 7.92. The molecule has 0 aliphatic rings. The molecule has 0 atom stereocenters. The maximum atomic E-state index is 11.2. The van der Waals surface area contributed by atoms with E-state index in [0.29, 0.717) is 5.13 Å². The van der Waals surface area contributed by atoms with Crippen LogP contribution >= 0.6 is 11.3 Å². The van der Waals surface area contributed by atoms with Gasteiger partial charge in [-0.15, -0.1) is 11.3 Å². The smallest absolute Gasteiger partial charge is 0.234 e. The average molecular weight is 234 g/mol. The second-order valence-corrected chi connectivity index (χ2v) is 6.10. The van der Waals surface area contributed by atoms with Crippen LogP contribution in [0.3, 0.4) is 0 Å². The Kier molecular flexibility index (Phi) is 3.49. The molecule has 0 unspecified atom stereocenters. The van der Waals surface area contributed by atoms with Crippen LogP contribution < -0.4 is 4.72 Å². The van der Waals surface area contributed by atoms with Gasteiger partial charge in [-0.1, -0.05) is 6.92 Å². The first-order valence-corrected chi connectivity index (χ1v) is 6.92. The molecule has 1 aromatic heterocycles. The molecule has 0 aliphatic carbocycles. The fourth-order valence-electron chi connectivity index (χ4n) is 1.00. The third-order valence-electron chi connectivity index (χ3n) is 1.85. The number of aromatic nitrogens is 1. The summed E-state index contributed by atoms with van der Waals surface area (Å²) in [5.74, 6) is 0.0765.